The van der Waals surface area contributed by atoms with Gasteiger partial charge in [0.25, 0.3) is 0 Å². The number of rotatable bonds is 2. The third-order valence-corrected chi connectivity index (χ3v) is 3.77. The predicted octanol–water partition coefficient (Wildman–Crippen LogP) is 5.21. The lowest BCUT2D eigenvalue weighted by atomic mass is 9.87. The van der Waals surface area contributed by atoms with Gasteiger partial charge in [-0.05, 0) is 54.2 Å². The molecular weight excluding hydrogens is 274 g/mol. The number of carbonyl (C=O) groups excluding carboxylic acids is 1. The summed E-state index contributed by atoms with van der Waals surface area (Å²) in [7, 11) is 0. The normalized spacial score (nSPS) is 11.1. The van der Waals surface area contributed by atoms with E-state index in [0.29, 0.717) is 5.75 Å². The molecule has 0 spiro atoms. The van der Waals surface area contributed by atoms with Gasteiger partial charge in [-0.25, -0.2) is 4.79 Å². The third kappa shape index (κ3) is 3.88. The zero-order valence-corrected chi connectivity index (χ0v) is 13.9. The van der Waals surface area contributed by atoms with E-state index in [9.17, 15) is 4.79 Å². The maximum Gasteiger partial charge on any atom is 0.417 e. The van der Waals surface area contributed by atoms with Gasteiger partial charge < -0.3 is 4.74 Å². The molecule has 1 amide bonds. The van der Waals surface area contributed by atoms with Gasteiger partial charge in [-0.3, -0.25) is 5.32 Å². The van der Waals surface area contributed by atoms with Crippen molar-refractivity contribution < 1.29 is 9.53 Å². The molecule has 0 bridgehead atoms. The second-order valence-corrected chi connectivity index (χ2v) is 6.54. The van der Waals surface area contributed by atoms with Crippen molar-refractivity contribution >= 4 is 11.8 Å². The van der Waals surface area contributed by atoms with Crippen LogP contribution < -0.4 is 10.1 Å². The third-order valence-electron chi connectivity index (χ3n) is 3.77. The Morgan fingerprint density at radius 1 is 1.00 bits per heavy atom. The molecule has 0 heterocycles. The Hall–Kier alpha value is -2.29. The minimum atomic E-state index is -0.475. The number of hydrogen-bond acceptors (Lipinski definition) is 2. The van der Waals surface area contributed by atoms with E-state index in [1.807, 2.05) is 56.3 Å². The summed E-state index contributed by atoms with van der Waals surface area (Å²) in [6, 6.07) is 13.4. The number of aryl methyl sites for hydroxylation is 1. The summed E-state index contributed by atoms with van der Waals surface area (Å²) >= 11 is 0. The van der Waals surface area contributed by atoms with Gasteiger partial charge in [-0.2, -0.15) is 0 Å². The summed E-state index contributed by atoms with van der Waals surface area (Å²) in [5.74, 6) is 0.538. The van der Waals surface area contributed by atoms with Gasteiger partial charge in [-0.15, -0.1) is 0 Å². The first-order valence-electron chi connectivity index (χ1n) is 7.43. The summed E-state index contributed by atoms with van der Waals surface area (Å²) in [4.78, 5) is 12.0. The molecule has 2 aromatic rings. The molecule has 0 aliphatic rings. The van der Waals surface area contributed by atoms with E-state index < -0.39 is 6.09 Å². The Labute approximate surface area is 132 Å². The van der Waals surface area contributed by atoms with E-state index in [0.717, 1.165) is 16.8 Å². The molecule has 0 radical (unpaired) electrons. The second kappa shape index (κ2) is 6.22. The van der Waals surface area contributed by atoms with Crippen molar-refractivity contribution in [2.45, 2.75) is 40.0 Å². The lowest BCUT2D eigenvalue weighted by molar-refractivity contribution is 0.215. The molecule has 0 aliphatic carbocycles. The number of carbonyl (C=O) groups is 1. The molecule has 2 aromatic carbocycles. The maximum absolute atomic E-state index is 12.0. The number of anilines is 1. The lowest BCUT2D eigenvalue weighted by Crippen LogP contribution is -2.18. The van der Waals surface area contributed by atoms with Crippen molar-refractivity contribution in [3.8, 4) is 5.75 Å². The average Bonchev–Trinajstić information content (AvgIpc) is 2.43. The highest BCUT2D eigenvalue weighted by atomic mass is 16.6. The largest absolute Gasteiger partial charge is 0.417 e. The Balaban J connectivity index is 2.05. The predicted molar refractivity (Wildman–Crippen MR) is 90.7 cm³/mol. The smallest absolute Gasteiger partial charge is 0.410 e. The molecule has 0 saturated carbocycles. The van der Waals surface area contributed by atoms with Crippen LogP contribution in [0.15, 0.2) is 42.5 Å². The Bertz CT molecular complexity index is 667. The van der Waals surface area contributed by atoms with Gasteiger partial charge >= 0.3 is 6.09 Å². The van der Waals surface area contributed by atoms with Crippen LogP contribution in [0.5, 0.6) is 5.75 Å². The van der Waals surface area contributed by atoms with Gasteiger partial charge in [0, 0.05) is 5.69 Å². The van der Waals surface area contributed by atoms with Crippen LogP contribution >= 0.6 is 0 Å². The summed E-state index contributed by atoms with van der Waals surface area (Å²) in [6.07, 6.45) is -0.475. The minimum Gasteiger partial charge on any atom is -0.410 e. The number of hydrogen-bond donors (Lipinski definition) is 1. The van der Waals surface area contributed by atoms with Crippen molar-refractivity contribution in [2.24, 2.45) is 0 Å². The summed E-state index contributed by atoms with van der Waals surface area (Å²) < 4.78 is 5.33. The van der Waals surface area contributed by atoms with Crippen molar-refractivity contribution in [3.05, 3.63) is 59.2 Å². The molecule has 0 fully saturated rings. The van der Waals surface area contributed by atoms with E-state index >= 15 is 0 Å². The van der Waals surface area contributed by atoms with Crippen molar-refractivity contribution in [1.29, 1.82) is 0 Å². The monoisotopic (exact) mass is 297 g/mol. The number of nitrogens with one attached hydrogen (secondary N) is 1. The molecular formula is C19H23NO2. The van der Waals surface area contributed by atoms with Crippen molar-refractivity contribution in [3.63, 3.8) is 0 Å². The van der Waals surface area contributed by atoms with E-state index in [4.69, 9.17) is 4.74 Å². The fraction of sp³-hybridized carbons (Fsp3) is 0.316. The first-order chi connectivity index (χ1) is 10.3. The quantitative estimate of drug-likeness (QED) is 0.826. The molecule has 0 atom stereocenters. The molecule has 3 heteroatoms. The SMILES string of the molecule is Cc1cccc(NC(=O)Oc2ccc(C(C)(C)C)cc2)c1C. The number of ether oxygens (including phenoxy) is 1. The summed E-state index contributed by atoms with van der Waals surface area (Å²) in [5, 5.41) is 2.78. The van der Waals surface area contributed by atoms with E-state index in [1.54, 1.807) is 0 Å². The van der Waals surface area contributed by atoms with Crippen LogP contribution in [0.3, 0.4) is 0 Å². The fourth-order valence-corrected chi connectivity index (χ4v) is 2.15. The van der Waals surface area contributed by atoms with E-state index in [-0.39, 0.29) is 5.41 Å². The first-order valence-corrected chi connectivity index (χ1v) is 7.43. The van der Waals surface area contributed by atoms with E-state index in [1.165, 1.54) is 5.56 Å². The first kappa shape index (κ1) is 16.1. The van der Waals surface area contributed by atoms with Crippen LogP contribution in [-0.2, 0) is 5.41 Å². The van der Waals surface area contributed by atoms with Crippen molar-refractivity contribution in [2.75, 3.05) is 5.32 Å². The number of benzene rings is 2. The summed E-state index contributed by atoms with van der Waals surface area (Å²) in [6.45, 7) is 10.4. The Morgan fingerprint density at radius 3 is 2.23 bits per heavy atom. The van der Waals surface area contributed by atoms with Gasteiger partial charge in [0.15, 0.2) is 0 Å². The Morgan fingerprint density at radius 2 is 1.64 bits per heavy atom. The molecule has 0 aliphatic heterocycles. The van der Waals surface area contributed by atoms with Gasteiger partial charge in [0.2, 0.25) is 0 Å². The van der Waals surface area contributed by atoms with Crippen LogP contribution in [0.2, 0.25) is 0 Å². The Kier molecular flexibility index (Phi) is 4.55. The fourth-order valence-electron chi connectivity index (χ4n) is 2.15. The molecule has 22 heavy (non-hydrogen) atoms. The topological polar surface area (TPSA) is 38.3 Å². The molecule has 1 N–H and O–H groups in total. The average molecular weight is 297 g/mol. The zero-order valence-electron chi connectivity index (χ0n) is 13.9. The summed E-state index contributed by atoms with van der Waals surface area (Å²) in [5.41, 5.74) is 4.24. The molecule has 0 unspecified atom stereocenters. The van der Waals surface area contributed by atoms with E-state index in [2.05, 4.69) is 26.1 Å². The van der Waals surface area contributed by atoms with Gasteiger partial charge in [0.05, 0.1) is 0 Å². The highest BCUT2D eigenvalue weighted by Crippen LogP contribution is 2.24. The standard InChI is InChI=1S/C19H23NO2/c1-13-7-6-8-17(14(13)2)20-18(21)22-16-11-9-15(10-12-16)19(3,4)5/h6-12H,1-5H3,(H,20,21). The van der Waals surface area contributed by atoms with Crippen LogP contribution in [0.25, 0.3) is 0 Å². The van der Waals surface area contributed by atoms with Crippen LogP contribution in [0.4, 0.5) is 10.5 Å². The molecule has 0 saturated heterocycles. The zero-order chi connectivity index (χ0) is 16.3. The molecule has 2 rings (SSSR count). The van der Waals surface area contributed by atoms with Crippen LogP contribution in [-0.4, -0.2) is 6.09 Å². The lowest BCUT2D eigenvalue weighted by Gasteiger charge is -2.19. The number of amides is 1. The van der Waals surface area contributed by atoms with Gasteiger partial charge in [-0.1, -0.05) is 45.0 Å². The van der Waals surface area contributed by atoms with Crippen molar-refractivity contribution in [1.82, 2.24) is 0 Å². The minimum absolute atomic E-state index is 0.0828. The van der Waals surface area contributed by atoms with Crippen LogP contribution in [0.1, 0.15) is 37.5 Å². The highest BCUT2D eigenvalue weighted by Gasteiger charge is 2.14. The maximum atomic E-state index is 12.0. The molecule has 116 valence electrons. The molecule has 3 nitrogen and oxygen atoms in total. The molecule has 0 aromatic heterocycles. The second-order valence-electron chi connectivity index (χ2n) is 6.54. The highest BCUT2D eigenvalue weighted by molar-refractivity contribution is 5.87. The van der Waals surface area contributed by atoms with Crippen LogP contribution in [0, 0.1) is 13.8 Å². The van der Waals surface area contributed by atoms with Gasteiger partial charge in [0.1, 0.15) is 5.75 Å².